The number of ether oxygens (including phenoxy) is 1. The molecule has 0 fully saturated rings. The highest BCUT2D eigenvalue weighted by molar-refractivity contribution is 7.80. The molecule has 0 heterocycles. The van der Waals surface area contributed by atoms with E-state index in [2.05, 4.69) is 0 Å². The van der Waals surface area contributed by atoms with Crippen LogP contribution in [-0.2, 0) is 0 Å². The molecule has 0 aliphatic heterocycles. The van der Waals surface area contributed by atoms with Crippen LogP contribution in [0.4, 0.5) is 0 Å². The summed E-state index contributed by atoms with van der Waals surface area (Å²) in [6.45, 7) is 0. The number of benzene rings is 2. The Morgan fingerprint density at radius 2 is 1.69 bits per heavy atom. The number of hydrogen-bond donors (Lipinski definition) is 0. The fraction of sp³-hybridized carbons (Fsp3) is 0.0909. The second-order valence-corrected chi connectivity index (χ2v) is 3.25. The van der Waals surface area contributed by atoms with Gasteiger partial charge in [0.05, 0.1) is 7.11 Å². The molecule has 0 aromatic heterocycles. The molecule has 65 valence electrons. The Hall–Kier alpha value is -1.28. The van der Waals surface area contributed by atoms with Crippen LogP contribution in [0, 0.1) is 0 Å². The lowest BCUT2D eigenvalue weighted by atomic mass is 10.1. The molecule has 1 radical (unpaired) electrons. The standard InChI is InChI=1S/C11H9OS/c1-12-10-6-2-5-9-8(10)4-3-7-11(9)13/h2-7H,1H3. The molecular weight excluding hydrogens is 180 g/mol. The molecule has 0 N–H and O–H groups in total. The zero-order chi connectivity index (χ0) is 9.26. The maximum absolute atomic E-state index is 5.24. The minimum Gasteiger partial charge on any atom is -0.496 e. The average molecular weight is 189 g/mol. The summed E-state index contributed by atoms with van der Waals surface area (Å²) in [5, 5.41) is 2.16. The monoisotopic (exact) mass is 189 g/mol. The molecule has 0 unspecified atom stereocenters. The highest BCUT2D eigenvalue weighted by atomic mass is 32.1. The van der Waals surface area contributed by atoms with Gasteiger partial charge in [-0.3, -0.25) is 0 Å². The van der Waals surface area contributed by atoms with Crippen LogP contribution in [0.3, 0.4) is 0 Å². The largest absolute Gasteiger partial charge is 0.496 e. The van der Waals surface area contributed by atoms with Gasteiger partial charge in [-0.15, -0.1) is 0 Å². The van der Waals surface area contributed by atoms with Crippen molar-refractivity contribution in [3.05, 3.63) is 36.4 Å². The van der Waals surface area contributed by atoms with Crippen molar-refractivity contribution in [2.45, 2.75) is 4.90 Å². The molecule has 0 aliphatic carbocycles. The van der Waals surface area contributed by atoms with Gasteiger partial charge >= 0.3 is 0 Å². The van der Waals surface area contributed by atoms with Crippen LogP contribution in [0.1, 0.15) is 0 Å². The van der Waals surface area contributed by atoms with Crippen LogP contribution >= 0.6 is 12.6 Å². The smallest absolute Gasteiger partial charge is 0.126 e. The lowest BCUT2D eigenvalue weighted by molar-refractivity contribution is 0.420. The summed E-state index contributed by atoms with van der Waals surface area (Å²) in [5.41, 5.74) is 0. The van der Waals surface area contributed by atoms with Crippen LogP contribution < -0.4 is 4.74 Å². The maximum atomic E-state index is 5.24. The Morgan fingerprint density at radius 3 is 2.46 bits per heavy atom. The van der Waals surface area contributed by atoms with Crippen molar-refractivity contribution < 1.29 is 4.74 Å². The van der Waals surface area contributed by atoms with Gasteiger partial charge in [0.25, 0.3) is 0 Å². The van der Waals surface area contributed by atoms with Crippen LogP contribution in [0.25, 0.3) is 10.8 Å². The quantitative estimate of drug-likeness (QED) is 0.668. The molecule has 0 bridgehead atoms. The first-order valence-corrected chi connectivity index (χ1v) is 4.46. The van der Waals surface area contributed by atoms with Gasteiger partial charge < -0.3 is 4.74 Å². The van der Waals surface area contributed by atoms with Crippen molar-refractivity contribution in [2.24, 2.45) is 0 Å². The molecule has 2 heteroatoms. The van der Waals surface area contributed by atoms with Gasteiger partial charge in [-0.05, 0) is 12.1 Å². The van der Waals surface area contributed by atoms with Gasteiger partial charge in [0.15, 0.2) is 0 Å². The Labute approximate surface area is 82.7 Å². The summed E-state index contributed by atoms with van der Waals surface area (Å²) in [7, 11) is 1.67. The minimum absolute atomic E-state index is 0.872. The third kappa shape index (κ3) is 1.33. The third-order valence-electron chi connectivity index (χ3n) is 2.06. The van der Waals surface area contributed by atoms with E-state index in [4.69, 9.17) is 17.4 Å². The summed E-state index contributed by atoms with van der Waals surface area (Å²) in [6, 6.07) is 11.8. The minimum atomic E-state index is 0.872. The van der Waals surface area contributed by atoms with E-state index in [0.29, 0.717) is 0 Å². The van der Waals surface area contributed by atoms with E-state index < -0.39 is 0 Å². The third-order valence-corrected chi connectivity index (χ3v) is 2.42. The first-order valence-electron chi connectivity index (χ1n) is 4.05. The van der Waals surface area contributed by atoms with Crippen LogP contribution in [0.15, 0.2) is 41.3 Å². The molecule has 0 aliphatic rings. The van der Waals surface area contributed by atoms with Gasteiger partial charge in [0.1, 0.15) is 5.75 Å². The van der Waals surface area contributed by atoms with Crippen LogP contribution in [0.2, 0.25) is 0 Å². The summed E-state index contributed by atoms with van der Waals surface area (Å²) in [4.78, 5) is 0.872. The molecule has 1 nitrogen and oxygen atoms in total. The molecule has 0 spiro atoms. The molecule has 0 saturated heterocycles. The van der Waals surface area contributed by atoms with Crippen molar-refractivity contribution in [3.63, 3.8) is 0 Å². The molecule has 0 saturated carbocycles. The predicted octanol–water partition coefficient (Wildman–Crippen LogP) is 3.40. The van der Waals surface area contributed by atoms with Gasteiger partial charge in [-0.1, -0.05) is 36.9 Å². The van der Waals surface area contributed by atoms with Gasteiger partial charge in [-0.2, -0.15) is 0 Å². The average Bonchev–Trinajstić information content (AvgIpc) is 2.18. The number of methoxy groups -OCH3 is 1. The molecule has 2 rings (SSSR count). The first kappa shape index (κ1) is 8.32. The van der Waals surface area contributed by atoms with Crippen molar-refractivity contribution in [1.29, 1.82) is 0 Å². The maximum Gasteiger partial charge on any atom is 0.126 e. The van der Waals surface area contributed by atoms with Crippen molar-refractivity contribution in [3.8, 4) is 5.75 Å². The zero-order valence-corrected chi connectivity index (χ0v) is 8.10. The van der Waals surface area contributed by atoms with Crippen LogP contribution in [-0.4, -0.2) is 7.11 Å². The Kier molecular flexibility index (Phi) is 2.07. The Bertz CT molecular complexity index is 437. The summed E-state index contributed by atoms with van der Waals surface area (Å²) >= 11 is 5.21. The van der Waals surface area contributed by atoms with E-state index in [1.165, 1.54) is 0 Å². The summed E-state index contributed by atoms with van der Waals surface area (Å²) in [5.74, 6) is 0.879. The fourth-order valence-electron chi connectivity index (χ4n) is 1.43. The second kappa shape index (κ2) is 3.23. The van der Waals surface area contributed by atoms with E-state index in [9.17, 15) is 0 Å². The molecule has 13 heavy (non-hydrogen) atoms. The van der Waals surface area contributed by atoms with E-state index in [0.717, 1.165) is 21.4 Å². The van der Waals surface area contributed by atoms with Gasteiger partial charge in [-0.25, -0.2) is 0 Å². The van der Waals surface area contributed by atoms with Crippen molar-refractivity contribution in [2.75, 3.05) is 7.11 Å². The topological polar surface area (TPSA) is 9.23 Å². The normalized spacial score (nSPS) is 10.2. The van der Waals surface area contributed by atoms with Gasteiger partial charge in [0, 0.05) is 15.7 Å². The van der Waals surface area contributed by atoms with E-state index in [1.807, 2.05) is 36.4 Å². The fourth-order valence-corrected chi connectivity index (χ4v) is 1.69. The first-order chi connectivity index (χ1) is 6.33. The lowest BCUT2D eigenvalue weighted by Gasteiger charge is -2.05. The van der Waals surface area contributed by atoms with Crippen molar-refractivity contribution >= 4 is 23.4 Å². The Balaban J connectivity index is 2.84. The number of rotatable bonds is 1. The Morgan fingerprint density at radius 1 is 1.00 bits per heavy atom. The number of hydrogen-bond acceptors (Lipinski definition) is 1. The zero-order valence-electron chi connectivity index (χ0n) is 7.28. The highest BCUT2D eigenvalue weighted by Crippen LogP contribution is 2.28. The molecular formula is C11H9OS. The van der Waals surface area contributed by atoms with Crippen LogP contribution in [0.5, 0.6) is 5.75 Å². The molecule has 0 amide bonds. The molecule has 2 aromatic carbocycles. The second-order valence-electron chi connectivity index (χ2n) is 2.81. The van der Waals surface area contributed by atoms with E-state index in [1.54, 1.807) is 7.11 Å². The van der Waals surface area contributed by atoms with E-state index >= 15 is 0 Å². The number of fused-ring (bicyclic) bond motifs is 1. The SMILES string of the molecule is COc1cccc2c([S])cccc12. The lowest BCUT2D eigenvalue weighted by Crippen LogP contribution is -1.84. The molecule has 2 aromatic rings. The van der Waals surface area contributed by atoms with Crippen molar-refractivity contribution in [1.82, 2.24) is 0 Å². The van der Waals surface area contributed by atoms with Gasteiger partial charge in [0.2, 0.25) is 0 Å². The predicted molar refractivity (Wildman–Crippen MR) is 56.4 cm³/mol. The van der Waals surface area contributed by atoms with E-state index in [-0.39, 0.29) is 0 Å². The summed E-state index contributed by atoms with van der Waals surface area (Å²) in [6.07, 6.45) is 0. The summed E-state index contributed by atoms with van der Waals surface area (Å²) < 4.78 is 5.24. The highest BCUT2D eigenvalue weighted by Gasteiger charge is 2.01. The molecule has 0 atom stereocenters.